The Morgan fingerprint density at radius 1 is 1.31 bits per heavy atom. The van der Waals surface area contributed by atoms with Gasteiger partial charge in [-0.2, -0.15) is 0 Å². The first-order chi connectivity index (χ1) is 7.65. The summed E-state index contributed by atoms with van der Waals surface area (Å²) >= 11 is 7.41. The van der Waals surface area contributed by atoms with E-state index in [1.54, 1.807) is 0 Å². The maximum absolute atomic E-state index is 5.88. The summed E-state index contributed by atoms with van der Waals surface area (Å²) in [5.41, 5.74) is 0. The van der Waals surface area contributed by atoms with Gasteiger partial charge in [0.1, 0.15) is 11.5 Å². The maximum atomic E-state index is 5.88. The molecule has 0 aromatic carbocycles. The zero-order valence-electron chi connectivity index (χ0n) is 9.29. The topological polar surface area (TPSA) is 25.2 Å². The van der Waals surface area contributed by atoms with Crippen molar-refractivity contribution >= 4 is 22.9 Å². The lowest BCUT2D eigenvalue weighted by molar-refractivity contribution is 0.474. The highest BCUT2D eigenvalue weighted by Crippen LogP contribution is 2.31. The van der Waals surface area contributed by atoms with Crippen LogP contribution < -0.4 is 5.32 Å². The Kier molecular flexibility index (Phi) is 3.69. The van der Waals surface area contributed by atoms with Crippen LogP contribution in [0.1, 0.15) is 19.6 Å². The van der Waals surface area contributed by atoms with E-state index in [1.165, 1.54) is 11.3 Å². The lowest BCUT2D eigenvalue weighted by Gasteiger charge is -2.04. The highest BCUT2D eigenvalue weighted by molar-refractivity contribution is 7.19. The molecule has 0 radical (unpaired) electrons. The summed E-state index contributed by atoms with van der Waals surface area (Å²) in [5.74, 6) is 1.84. The average molecular weight is 256 g/mol. The third kappa shape index (κ3) is 2.88. The van der Waals surface area contributed by atoms with Crippen LogP contribution in [-0.2, 0) is 6.54 Å². The fourth-order valence-electron chi connectivity index (χ4n) is 1.36. The number of nitrogens with one attached hydrogen (secondary N) is 1. The minimum atomic E-state index is 0.463. The predicted octanol–water partition coefficient (Wildman–Crippen LogP) is 4.16. The summed E-state index contributed by atoms with van der Waals surface area (Å²) in [4.78, 5) is 1.07. The summed E-state index contributed by atoms with van der Waals surface area (Å²) in [6.45, 7) is 4.99. The Morgan fingerprint density at radius 3 is 2.75 bits per heavy atom. The lowest BCUT2D eigenvalue weighted by Crippen LogP contribution is -2.21. The van der Waals surface area contributed by atoms with Crippen LogP contribution in [0.5, 0.6) is 0 Å². The monoisotopic (exact) mass is 255 g/mol. The minimum absolute atomic E-state index is 0.463. The fourth-order valence-corrected chi connectivity index (χ4v) is 2.36. The molecule has 0 aliphatic heterocycles. The van der Waals surface area contributed by atoms with Gasteiger partial charge in [0.25, 0.3) is 0 Å². The SMILES string of the molecule is CC(C)NCc1ccc(-c2ccc(Cl)s2)o1. The predicted molar refractivity (Wildman–Crippen MR) is 69.0 cm³/mol. The second-order valence-corrected chi connectivity index (χ2v) is 5.62. The molecule has 0 aliphatic carbocycles. The van der Waals surface area contributed by atoms with Crippen molar-refractivity contribution in [1.29, 1.82) is 0 Å². The van der Waals surface area contributed by atoms with E-state index in [0.29, 0.717) is 6.04 Å². The van der Waals surface area contributed by atoms with Crippen molar-refractivity contribution in [3.63, 3.8) is 0 Å². The second kappa shape index (κ2) is 5.04. The van der Waals surface area contributed by atoms with Crippen LogP contribution in [0, 0.1) is 0 Å². The quantitative estimate of drug-likeness (QED) is 0.888. The van der Waals surface area contributed by atoms with Crippen molar-refractivity contribution in [1.82, 2.24) is 5.32 Å². The first kappa shape index (κ1) is 11.7. The number of thiophene rings is 1. The van der Waals surface area contributed by atoms with Gasteiger partial charge in [-0.1, -0.05) is 25.4 Å². The lowest BCUT2D eigenvalue weighted by atomic mass is 10.3. The van der Waals surface area contributed by atoms with Crippen LogP contribution >= 0.6 is 22.9 Å². The summed E-state index contributed by atoms with van der Waals surface area (Å²) in [7, 11) is 0. The van der Waals surface area contributed by atoms with E-state index in [9.17, 15) is 0 Å². The Morgan fingerprint density at radius 2 is 2.12 bits per heavy atom. The van der Waals surface area contributed by atoms with Gasteiger partial charge in [-0.05, 0) is 24.3 Å². The van der Waals surface area contributed by atoms with E-state index in [0.717, 1.165) is 27.3 Å². The Bertz CT molecular complexity index is 461. The average Bonchev–Trinajstić information content (AvgIpc) is 2.83. The van der Waals surface area contributed by atoms with Crippen LogP contribution in [-0.4, -0.2) is 6.04 Å². The molecule has 0 unspecified atom stereocenters. The van der Waals surface area contributed by atoms with Crippen molar-refractivity contribution in [3.8, 4) is 10.6 Å². The molecular formula is C12H14ClNOS. The Balaban J connectivity index is 2.07. The maximum Gasteiger partial charge on any atom is 0.144 e. The molecule has 0 bridgehead atoms. The molecule has 0 saturated heterocycles. The summed E-state index contributed by atoms with van der Waals surface area (Å²) in [6, 6.07) is 8.31. The highest BCUT2D eigenvalue weighted by Gasteiger charge is 2.07. The first-order valence-corrected chi connectivity index (χ1v) is 6.42. The standard InChI is InChI=1S/C12H14ClNOS/c1-8(2)14-7-9-3-4-10(15-9)11-5-6-12(13)16-11/h3-6,8,14H,7H2,1-2H3. The van der Waals surface area contributed by atoms with Crippen LogP contribution in [0.2, 0.25) is 4.34 Å². The molecule has 2 nitrogen and oxygen atoms in total. The Labute approximate surface area is 104 Å². The third-order valence-corrected chi connectivity index (χ3v) is 3.41. The van der Waals surface area contributed by atoms with E-state index >= 15 is 0 Å². The normalized spacial score (nSPS) is 11.2. The van der Waals surface area contributed by atoms with E-state index in [-0.39, 0.29) is 0 Å². The molecule has 2 rings (SSSR count). The molecule has 0 saturated carbocycles. The van der Waals surface area contributed by atoms with E-state index in [4.69, 9.17) is 16.0 Å². The van der Waals surface area contributed by atoms with Crippen LogP contribution in [0.4, 0.5) is 0 Å². The van der Waals surface area contributed by atoms with Gasteiger partial charge in [-0.25, -0.2) is 0 Å². The zero-order chi connectivity index (χ0) is 11.5. The molecule has 86 valence electrons. The zero-order valence-corrected chi connectivity index (χ0v) is 10.9. The van der Waals surface area contributed by atoms with Gasteiger partial charge in [-0.15, -0.1) is 11.3 Å². The molecule has 0 fully saturated rings. The molecule has 1 N–H and O–H groups in total. The van der Waals surface area contributed by atoms with Crippen molar-refractivity contribution in [2.75, 3.05) is 0 Å². The molecule has 2 aromatic heterocycles. The van der Waals surface area contributed by atoms with E-state index in [1.807, 2.05) is 24.3 Å². The van der Waals surface area contributed by atoms with Gasteiger partial charge in [0.2, 0.25) is 0 Å². The third-order valence-electron chi connectivity index (χ3n) is 2.16. The molecule has 4 heteroatoms. The summed E-state index contributed by atoms with van der Waals surface area (Å²) < 4.78 is 6.51. The van der Waals surface area contributed by atoms with E-state index in [2.05, 4.69) is 19.2 Å². The Hall–Kier alpha value is -0.770. The molecule has 2 heterocycles. The number of halogens is 1. The van der Waals surface area contributed by atoms with Crippen LogP contribution in [0.25, 0.3) is 10.6 Å². The van der Waals surface area contributed by atoms with Gasteiger partial charge in [-0.3, -0.25) is 0 Å². The van der Waals surface area contributed by atoms with Crippen molar-refractivity contribution < 1.29 is 4.42 Å². The molecular weight excluding hydrogens is 242 g/mol. The first-order valence-electron chi connectivity index (χ1n) is 5.23. The largest absolute Gasteiger partial charge is 0.459 e. The van der Waals surface area contributed by atoms with Gasteiger partial charge in [0.15, 0.2) is 0 Å². The van der Waals surface area contributed by atoms with Crippen molar-refractivity contribution in [2.24, 2.45) is 0 Å². The molecule has 0 aliphatic rings. The number of rotatable bonds is 4. The summed E-state index contributed by atoms with van der Waals surface area (Å²) in [5, 5.41) is 3.32. The fraction of sp³-hybridized carbons (Fsp3) is 0.333. The molecule has 0 spiro atoms. The van der Waals surface area contributed by atoms with Gasteiger partial charge >= 0.3 is 0 Å². The number of hydrogen-bond acceptors (Lipinski definition) is 3. The molecule has 2 aromatic rings. The van der Waals surface area contributed by atoms with Crippen LogP contribution in [0.3, 0.4) is 0 Å². The van der Waals surface area contributed by atoms with Gasteiger partial charge < -0.3 is 9.73 Å². The smallest absolute Gasteiger partial charge is 0.144 e. The van der Waals surface area contributed by atoms with Crippen LogP contribution in [0.15, 0.2) is 28.7 Å². The van der Waals surface area contributed by atoms with E-state index < -0.39 is 0 Å². The number of furan rings is 1. The van der Waals surface area contributed by atoms with Crippen molar-refractivity contribution in [3.05, 3.63) is 34.4 Å². The molecule has 16 heavy (non-hydrogen) atoms. The summed E-state index contributed by atoms with van der Waals surface area (Å²) in [6.07, 6.45) is 0. The van der Waals surface area contributed by atoms with Gasteiger partial charge in [0, 0.05) is 6.04 Å². The second-order valence-electron chi connectivity index (χ2n) is 3.91. The van der Waals surface area contributed by atoms with Crippen molar-refractivity contribution in [2.45, 2.75) is 26.4 Å². The molecule has 0 amide bonds. The minimum Gasteiger partial charge on any atom is -0.459 e. The van der Waals surface area contributed by atoms with Gasteiger partial charge in [0.05, 0.1) is 15.8 Å². The highest BCUT2D eigenvalue weighted by atomic mass is 35.5. The number of hydrogen-bond donors (Lipinski definition) is 1. The molecule has 0 atom stereocenters.